The Morgan fingerprint density at radius 3 is 2.82 bits per heavy atom. The molecule has 4 rings (SSSR count). The lowest BCUT2D eigenvalue weighted by Crippen LogP contribution is -2.41. The smallest absolute Gasteiger partial charge is 0.293 e. The Kier molecular flexibility index (Phi) is 6.83. The molecule has 1 saturated heterocycles. The van der Waals surface area contributed by atoms with Crippen molar-refractivity contribution < 1.29 is 18.7 Å². The van der Waals surface area contributed by atoms with E-state index in [1.165, 1.54) is 0 Å². The first-order valence-corrected chi connectivity index (χ1v) is 11.8. The van der Waals surface area contributed by atoms with E-state index in [0.717, 1.165) is 27.7 Å². The van der Waals surface area contributed by atoms with Gasteiger partial charge in [-0.1, -0.05) is 13.8 Å². The van der Waals surface area contributed by atoms with Crippen molar-refractivity contribution in [1.29, 1.82) is 0 Å². The molecule has 1 aliphatic rings. The summed E-state index contributed by atoms with van der Waals surface area (Å²) in [5.74, 6) is 0.0301. The van der Waals surface area contributed by atoms with Crippen LogP contribution in [0.2, 0.25) is 0 Å². The molecule has 3 aromatic heterocycles. The zero-order valence-electron chi connectivity index (χ0n) is 18.5. The summed E-state index contributed by atoms with van der Waals surface area (Å²) in [4.78, 5) is 46.3. The molecule has 174 valence electrons. The molecule has 0 spiro atoms. The number of aldehydes is 1. The molecule has 0 saturated carbocycles. The maximum atomic E-state index is 14.8. The number of fused-ring (bicyclic) bond motifs is 1. The van der Waals surface area contributed by atoms with Gasteiger partial charge in [-0.3, -0.25) is 18.8 Å². The summed E-state index contributed by atoms with van der Waals surface area (Å²) in [5.41, 5.74) is 0.934. The number of carbonyl (C=O) groups is 2. The summed E-state index contributed by atoms with van der Waals surface area (Å²) in [7, 11) is 0. The topological polar surface area (TPSA) is 93.9 Å². The Morgan fingerprint density at radius 1 is 1.30 bits per heavy atom. The largest absolute Gasteiger partial charge is 0.463 e. The molecule has 0 amide bonds. The van der Waals surface area contributed by atoms with E-state index in [1.807, 2.05) is 5.38 Å². The lowest BCUT2D eigenvalue weighted by atomic mass is 10.1. The third-order valence-corrected chi connectivity index (χ3v) is 6.75. The minimum absolute atomic E-state index is 0.143. The number of halogens is 1. The lowest BCUT2D eigenvalue weighted by molar-refractivity contribution is -0.133. The predicted octanol–water partition coefficient (Wildman–Crippen LogP) is 3.15. The van der Waals surface area contributed by atoms with E-state index in [2.05, 4.69) is 23.8 Å². The molecule has 3 aromatic rings. The number of nitrogens with zero attached hydrogens (tertiary/aromatic N) is 4. The van der Waals surface area contributed by atoms with Gasteiger partial charge in [0, 0.05) is 18.3 Å². The van der Waals surface area contributed by atoms with Crippen molar-refractivity contribution in [3.8, 4) is 0 Å². The van der Waals surface area contributed by atoms with Crippen LogP contribution in [0.3, 0.4) is 0 Å². The highest BCUT2D eigenvalue weighted by molar-refractivity contribution is 7.09. The fourth-order valence-corrected chi connectivity index (χ4v) is 4.96. The van der Waals surface area contributed by atoms with E-state index in [0.29, 0.717) is 56.6 Å². The predicted molar refractivity (Wildman–Crippen MR) is 123 cm³/mol. The van der Waals surface area contributed by atoms with Gasteiger partial charge in [0.25, 0.3) is 12.0 Å². The van der Waals surface area contributed by atoms with Gasteiger partial charge < -0.3 is 9.64 Å². The number of ether oxygens (including phenoxy) is 1. The number of hydrogen-bond acceptors (Lipinski definition) is 8. The molecule has 8 nitrogen and oxygen atoms in total. The number of anilines is 1. The van der Waals surface area contributed by atoms with Crippen molar-refractivity contribution in [1.82, 2.24) is 14.4 Å². The van der Waals surface area contributed by atoms with Crippen LogP contribution in [0, 0.1) is 5.82 Å². The highest BCUT2D eigenvalue weighted by Gasteiger charge is 2.26. The van der Waals surface area contributed by atoms with Gasteiger partial charge in [0.05, 0.1) is 23.4 Å². The second-order valence-electron chi connectivity index (χ2n) is 8.41. The van der Waals surface area contributed by atoms with Gasteiger partial charge in [-0.25, -0.2) is 14.4 Å². The summed E-state index contributed by atoms with van der Waals surface area (Å²) >= 11 is 1.55. The number of aromatic nitrogens is 3. The first kappa shape index (κ1) is 23.0. The highest BCUT2D eigenvalue weighted by atomic mass is 32.1. The summed E-state index contributed by atoms with van der Waals surface area (Å²) < 4.78 is 20.9. The fraction of sp³-hybridized carbons (Fsp3) is 0.435. The second kappa shape index (κ2) is 9.78. The molecule has 0 aromatic carbocycles. The number of aryl methyl sites for hydroxylation is 2. The van der Waals surface area contributed by atoms with Crippen LogP contribution in [0.1, 0.15) is 59.2 Å². The third kappa shape index (κ3) is 4.80. The van der Waals surface area contributed by atoms with E-state index < -0.39 is 11.4 Å². The third-order valence-electron chi connectivity index (χ3n) is 5.82. The van der Waals surface area contributed by atoms with Gasteiger partial charge in [-0.2, -0.15) is 0 Å². The molecule has 0 radical (unpaired) electrons. The maximum Gasteiger partial charge on any atom is 0.293 e. The second-order valence-corrected chi connectivity index (χ2v) is 9.35. The Balaban J connectivity index is 1.67. The van der Waals surface area contributed by atoms with E-state index in [4.69, 9.17) is 4.74 Å². The van der Waals surface area contributed by atoms with Gasteiger partial charge in [0.15, 0.2) is 6.29 Å². The van der Waals surface area contributed by atoms with Gasteiger partial charge in [0.2, 0.25) is 0 Å². The van der Waals surface area contributed by atoms with Crippen molar-refractivity contribution in [3.63, 3.8) is 0 Å². The number of hydrogen-bond donors (Lipinski definition) is 0. The standard InChI is InChI=1S/C23H25FN4O4S/c1-14(2)19-12-33-21(25-19)6-5-15-8-20-26-22(27-7-3-4-16(9-27)32-13-30)17(11-29)23(31)28(20)10-18(15)24/h8,10-14,16H,3-7,9H2,1-2H3. The average Bonchev–Trinajstić information content (AvgIpc) is 3.28. The van der Waals surface area contributed by atoms with Crippen molar-refractivity contribution in [2.24, 2.45) is 0 Å². The normalized spacial score (nSPS) is 16.4. The van der Waals surface area contributed by atoms with Gasteiger partial charge in [0.1, 0.15) is 28.9 Å². The molecular weight excluding hydrogens is 447 g/mol. The van der Waals surface area contributed by atoms with E-state index >= 15 is 0 Å². The zero-order valence-corrected chi connectivity index (χ0v) is 19.3. The van der Waals surface area contributed by atoms with Crippen molar-refractivity contribution in [2.45, 2.75) is 51.6 Å². The first-order valence-electron chi connectivity index (χ1n) is 10.9. The molecule has 4 heterocycles. The van der Waals surface area contributed by atoms with E-state index in [1.54, 1.807) is 22.3 Å². The number of carbonyl (C=O) groups excluding carboxylic acids is 2. The molecule has 10 heteroatoms. The zero-order chi connectivity index (χ0) is 23.5. The van der Waals surface area contributed by atoms with Crippen LogP contribution in [0.4, 0.5) is 10.2 Å². The number of pyridine rings is 1. The Labute approximate surface area is 194 Å². The van der Waals surface area contributed by atoms with Crippen LogP contribution in [0.15, 0.2) is 22.4 Å². The minimum atomic E-state index is -0.629. The molecule has 0 bridgehead atoms. The average molecular weight is 473 g/mol. The molecule has 0 N–H and O–H groups in total. The van der Waals surface area contributed by atoms with Gasteiger partial charge in [-0.05, 0) is 36.8 Å². The minimum Gasteiger partial charge on any atom is -0.463 e. The molecule has 1 atom stereocenters. The summed E-state index contributed by atoms with van der Waals surface area (Å²) in [6, 6.07) is 1.55. The van der Waals surface area contributed by atoms with Gasteiger partial charge >= 0.3 is 0 Å². The Bertz CT molecular complexity index is 1240. The SMILES string of the molecule is CC(C)c1csc(CCc2cc3nc(N4CCCC(OC=O)C4)c(C=O)c(=O)n3cc2F)n1. The molecule has 0 aliphatic carbocycles. The quantitative estimate of drug-likeness (QED) is 0.465. The Hall–Kier alpha value is -3.14. The van der Waals surface area contributed by atoms with Crippen LogP contribution in [-0.4, -0.2) is 46.3 Å². The maximum absolute atomic E-state index is 14.8. The van der Waals surface area contributed by atoms with E-state index in [-0.39, 0.29) is 23.1 Å². The van der Waals surface area contributed by atoms with Crippen molar-refractivity contribution in [3.05, 3.63) is 55.6 Å². The molecular formula is C23H25FN4O4S. The molecule has 1 aliphatic heterocycles. The highest BCUT2D eigenvalue weighted by Crippen LogP contribution is 2.23. The van der Waals surface area contributed by atoms with Crippen LogP contribution >= 0.6 is 11.3 Å². The first-order chi connectivity index (χ1) is 15.9. The molecule has 1 fully saturated rings. The van der Waals surface area contributed by atoms with Crippen LogP contribution in [0.5, 0.6) is 0 Å². The molecule has 33 heavy (non-hydrogen) atoms. The fourth-order valence-electron chi connectivity index (χ4n) is 4.00. The molecule has 1 unspecified atom stereocenters. The van der Waals surface area contributed by atoms with Crippen LogP contribution in [0.25, 0.3) is 5.65 Å². The van der Waals surface area contributed by atoms with Crippen molar-refractivity contribution >= 4 is 35.6 Å². The number of piperidine rings is 1. The van der Waals surface area contributed by atoms with Crippen LogP contribution < -0.4 is 10.5 Å². The monoisotopic (exact) mass is 472 g/mol. The number of thiazole rings is 1. The lowest BCUT2D eigenvalue weighted by Gasteiger charge is -2.33. The van der Waals surface area contributed by atoms with E-state index in [9.17, 15) is 18.8 Å². The number of rotatable bonds is 8. The van der Waals surface area contributed by atoms with Crippen LogP contribution in [-0.2, 0) is 22.4 Å². The summed E-state index contributed by atoms with van der Waals surface area (Å²) in [6.45, 7) is 5.45. The van der Waals surface area contributed by atoms with Gasteiger partial charge in [-0.15, -0.1) is 11.3 Å². The summed E-state index contributed by atoms with van der Waals surface area (Å²) in [6.07, 6.45) is 3.60. The Morgan fingerprint density at radius 2 is 2.12 bits per heavy atom. The van der Waals surface area contributed by atoms with Crippen molar-refractivity contribution in [2.75, 3.05) is 18.0 Å². The summed E-state index contributed by atoms with van der Waals surface area (Å²) in [5, 5.41) is 2.94.